The van der Waals surface area contributed by atoms with Gasteiger partial charge in [0.05, 0.1) is 5.54 Å². The van der Waals surface area contributed by atoms with E-state index in [1.807, 2.05) is 6.92 Å². The number of hydrogen-bond donors (Lipinski definition) is 3. The van der Waals surface area contributed by atoms with Crippen molar-refractivity contribution in [3.8, 4) is 0 Å². The van der Waals surface area contributed by atoms with E-state index in [1.54, 1.807) is 0 Å². The highest BCUT2D eigenvalue weighted by Crippen LogP contribution is 2.22. The molecule has 0 spiro atoms. The van der Waals surface area contributed by atoms with Crippen molar-refractivity contribution in [3.05, 3.63) is 0 Å². The molecule has 1 amide bonds. The molecule has 0 saturated carbocycles. The van der Waals surface area contributed by atoms with E-state index in [4.69, 9.17) is 10.9 Å². The summed E-state index contributed by atoms with van der Waals surface area (Å²) < 4.78 is 0. The normalized spacial score (nSPS) is 21.8. The van der Waals surface area contributed by atoms with Gasteiger partial charge in [0.15, 0.2) is 0 Å². The third-order valence-electron chi connectivity index (χ3n) is 2.47. The van der Waals surface area contributed by atoms with Crippen LogP contribution in [0, 0.1) is 0 Å². The predicted octanol–water partition coefficient (Wildman–Crippen LogP) is -0.0178. The summed E-state index contributed by atoms with van der Waals surface area (Å²) in [6.45, 7) is 3.54. The molecule has 0 aromatic carbocycles. The fourth-order valence-corrected chi connectivity index (χ4v) is 1.44. The van der Waals surface area contributed by atoms with Crippen LogP contribution in [-0.2, 0) is 0 Å². The topological polar surface area (TPSA) is 78.6 Å². The Morgan fingerprint density at radius 3 is 2.50 bits per heavy atom. The van der Waals surface area contributed by atoms with Crippen molar-refractivity contribution in [2.75, 3.05) is 13.1 Å². The van der Waals surface area contributed by atoms with Gasteiger partial charge in [0, 0.05) is 0 Å². The highest BCUT2D eigenvalue weighted by atomic mass is 16.4. The number of nitrogens with two attached hydrogens (primary N) is 1. The zero-order chi connectivity index (χ0) is 9.19. The maximum absolute atomic E-state index is 10.6. The summed E-state index contributed by atoms with van der Waals surface area (Å²) in [7, 11) is 0. The van der Waals surface area contributed by atoms with Gasteiger partial charge in [-0.05, 0) is 32.9 Å². The van der Waals surface area contributed by atoms with E-state index in [0.29, 0.717) is 0 Å². The molecule has 0 radical (unpaired) electrons. The van der Waals surface area contributed by atoms with Gasteiger partial charge in [-0.1, -0.05) is 0 Å². The second-order valence-corrected chi connectivity index (χ2v) is 3.40. The predicted molar refractivity (Wildman–Crippen MR) is 44.6 cm³/mol. The summed E-state index contributed by atoms with van der Waals surface area (Å²) in [6, 6.07) is 0. The molecule has 1 heterocycles. The highest BCUT2D eigenvalue weighted by Gasteiger charge is 2.34. The van der Waals surface area contributed by atoms with E-state index in [1.165, 1.54) is 0 Å². The third kappa shape index (κ3) is 1.67. The van der Waals surface area contributed by atoms with Crippen LogP contribution in [0.3, 0.4) is 0 Å². The molecule has 0 unspecified atom stereocenters. The lowest BCUT2D eigenvalue weighted by Gasteiger charge is -2.39. The molecule has 1 fully saturated rings. The van der Waals surface area contributed by atoms with Gasteiger partial charge in [0.25, 0.3) is 0 Å². The van der Waals surface area contributed by atoms with Gasteiger partial charge in [0.1, 0.15) is 0 Å². The van der Waals surface area contributed by atoms with E-state index in [0.717, 1.165) is 30.9 Å². The molecule has 5 heteroatoms. The average Bonchev–Trinajstić information content (AvgIpc) is 2.04. The van der Waals surface area contributed by atoms with Gasteiger partial charge in [0.2, 0.25) is 0 Å². The van der Waals surface area contributed by atoms with Crippen molar-refractivity contribution in [1.82, 2.24) is 10.3 Å². The third-order valence-corrected chi connectivity index (χ3v) is 2.47. The molecular formula is C7H15N3O2. The highest BCUT2D eigenvalue weighted by molar-refractivity contribution is 5.65. The SMILES string of the molecule is CC1(N(N)C(=O)O)CCNCC1. The quantitative estimate of drug-likeness (QED) is 0.296. The van der Waals surface area contributed by atoms with Crippen LogP contribution < -0.4 is 11.2 Å². The number of amides is 1. The van der Waals surface area contributed by atoms with Crippen molar-refractivity contribution >= 4 is 6.09 Å². The minimum absolute atomic E-state index is 0.392. The first-order valence-electron chi connectivity index (χ1n) is 4.05. The zero-order valence-corrected chi connectivity index (χ0v) is 7.21. The van der Waals surface area contributed by atoms with Crippen LogP contribution in [0.4, 0.5) is 4.79 Å². The number of nitrogens with zero attached hydrogens (tertiary/aromatic N) is 1. The molecule has 0 aliphatic carbocycles. The fourth-order valence-electron chi connectivity index (χ4n) is 1.44. The molecular weight excluding hydrogens is 158 g/mol. The van der Waals surface area contributed by atoms with E-state index in [-0.39, 0.29) is 0 Å². The van der Waals surface area contributed by atoms with Crippen LogP contribution in [0.25, 0.3) is 0 Å². The molecule has 4 N–H and O–H groups in total. The van der Waals surface area contributed by atoms with Gasteiger partial charge in [-0.2, -0.15) is 0 Å². The van der Waals surface area contributed by atoms with Crippen LogP contribution in [0.1, 0.15) is 19.8 Å². The summed E-state index contributed by atoms with van der Waals surface area (Å²) in [5.74, 6) is 5.43. The van der Waals surface area contributed by atoms with E-state index in [9.17, 15) is 4.79 Å². The monoisotopic (exact) mass is 173 g/mol. The van der Waals surface area contributed by atoms with Gasteiger partial charge in [-0.25, -0.2) is 15.6 Å². The Morgan fingerprint density at radius 2 is 2.08 bits per heavy atom. The van der Waals surface area contributed by atoms with Crippen LogP contribution >= 0.6 is 0 Å². The van der Waals surface area contributed by atoms with Crippen LogP contribution in [0.15, 0.2) is 0 Å². The minimum atomic E-state index is -1.06. The molecule has 1 rings (SSSR count). The maximum Gasteiger partial charge on any atom is 0.422 e. The Hall–Kier alpha value is -0.810. The van der Waals surface area contributed by atoms with E-state index in [2.05, 4.69) is 5.32 Å². The molecule has 1 aliphatic heterocycles. The van der Waals surface area contributed by atoms with Gasteiger partial charge >= 0.3 is 6.09 Å². The summed E-state index contributed by atoms with van der Waals surface area (Å²) in [5, 5.41) is 12.8. The zero-order valence-electron chi connectivity index (χ0n) is 7.21. The Kier molecular flexibility index (Phi) is 2.54. The molecule has 1 saturated heterocycles. The lowest BCUT2D eigenvalue weighted by molar-refractivity contribution is 0.0649. The van der Waals surface area contributed by atoms with E-state index >= 15 is 0 Å². The maximum atomic E-state index is 10.6. The van der Waals surface area contributed by atoms with Crippen LogP contribution in [0.5, 0.6) is 0 Å². The second kappa shape index (κ2) is 3.28. The number of piperidine rings is 1. The standard InChI is InChI=1S/C7H15N3O2/c1-7(10(8)6(11)12)2-4-9-5-3-7/h9H,2-5,8H2,1H3,(H,11,12). The molecule has 0 atom stereocenters. The summed E-state index contributed by atoms with van der Waals surface area (Å²) in [6.07, 6.45) is 0.491. The Balaban J connectivity index is 2.62. The molecule has 5 nitrogen and oxygen atoms in total. The first kappa shape index (κ1) is 9.28. The number of rotatable bonds is 1. The number of carbonyl (C=O) groups is 1. The number of hydrogen-bond acceptors (Lipinski definition) is 3. The lowest BCUT2D eigenvalue weighted by atomic mass is 9.90. The Bertz CT molecular complexity index is 177. The van der Waals surface area contributed by atoms with E-state index < -0.39 is 11.6 Å². The second-order valence-electron chi connectivity index (χ2n) is 3.40. The first-order chi connectivity index (χ1) is 5.56. The van der Waals surface area contributed by atoms with Crippen molar-refractivity contribution < 1.29 is 9.90 Å². The van der Waals surface area contributed by atoms with Crippen LogP contribution in [-0.4, -0.2) is 34.8 Å². The van der Waals surface area contributed by atoms with Crippen molar-refractivity contribution in [2.45, 2.75) is 25.3 Å². The molecule has 12 heavy (non-hydrogen) atoms. The Labute approximate surface area is 71.5 Å². The number of hydrazine groups is 1. The summed E-state index contributed by atoms with van der Waals surface area (Å²) in [5.41, 5.74) is -0.392. The van der Waals surface area contributed by atoms with Gasteiger partial charge < -0.3 is 10.4 Å². The summed E-state index contributed by atoms with van der Waals surface area (Å²) in [4.78, 5) is 10.6. The van der Waals surface area contributed by atoms with Crippen LogP contribution in [0.2, 0.25) is 0 Å². The number of carboxylic acid groups (broad SMARTS) is 1. The van der Waals surface area contributed by atoms with Gasteiger partial charge in [-0.3, -0.25) is 0 Å². The molecule has 0 aromatic rings. The minimum Gasteiger partial charge on any atom is -0.464 e. The Morgan fingerprint density at radius 1 is 1.58 bits per heavy atom. The molecule has 1 aliphatic rings. The fraction of sp³-hybridized carbons (Fsp3) is 0.857. The van der Waals surface area contributed by atoms with Gasteiger partial charge in [-0.15, -0.1) is 0 Å². The molecule has 0 aromatic heterocycles. The molecule has 70 valence electrons. The summed E-state index contributed by atoms with van der Waals surface area (Å²) >= 11 is 0. The van der Waals surface area contributed by atoms with Crippen molar-refractivity contribution in [1.29, 1.82) is 0 Å². The lowest BCUT2D eigenvalue weighted by Crippen LogP contribution is -2.57. The average molecular weight is 173 g/mol. The molecule has 0 bridgehead atoms. The largest absolute Gasteiger partial charge is 0.464 e. The first-order valence-corrected chi connectivity index (χ1v) is 4.05. The van der Waals surface area contributed by atoms with Crippen molar-refractivity contribution in [3.63, 3.8) is 0 Å². The number of nitrogens with one attached hydrogen (secondary N) is 1. The smallest absolute Gasteiger partial charge is 0.422 e. The van der Waals surface area contributed by atoms with Crippen molar-refractivity contribution in [2.24, 2.45) is 5.84 Å².